The molecule has 0 aliphatic carbocycles. The molecule has 114 valence electrons. The highest BCUT2D eigenvalue weighted by Gasteiger charge is 1.99. The number of hydrogen-bond acceptors (Lipinski definition) is 3. The minimum absolute atomic E-state index is 0.127. The molecule has 0 bridgehead atoms. The van der Waals surface area contributed by atoms with E-state index in [0.29, 0.717) is 6.54 Å². The third-order valence-electron chi connectivity index (χ3n) is 2.85. The van der Waals surface area contributed by atoms with Gasteiger partial charge in [0.05, 0.1) is 6.10 Å². The van der Waals surface area contributed by atoms with Gasteiger partial charge in [-0.1, -0.05) is 18.2 Å². The molecule has 0 saturated carbocycles. The van der Waals surface area contributed by atoms with Gasteiger partial charge in [-0.25, -0.2) is 0 Å². The molecule has 0 fully saturated rings. The molecule has 0 radical (unpaired) electrons. The lowest BCUT2D eigenvalue weighted by Gasteiger charge is -2.09. The van der Waals surface area contributed by atoms with Crippen molar-refractivity contribution in [2.24, 2.45) is 0 Å². The second-order valence-electron chi connectivity index (χ2n) is 5.15. The number of aromatic nitrogens is 1. The van der Waals surface area contributed by atoms with E-state index in [1.807, 2.05) is 50.2 Å². The first-order valence-corrected chi connectivity index (χ1v) is 7.25. The van der Waals surface area contributed by atoms with Gasteiger partial charge in [0.25, 0.3) is 0 Å². The van der Waals surface area contributed by atoms with Gasteiger partial charge in [-0.15, -0.1) is 0 Å². The molecule has 1 aromatic carbocycles. The van der Waals surface area contributed by atoms with E-state index < -0.39 is 0 Å². The van der Waals surface area contributed by atoms with Crippen molar-refractivity contribution in [3.63, 3.8) is 0 Å². The maximum Gasteiger partial charge on any atom is 0.244 e. The Morgan fingerprint density at radius 2 is 2.18 bits per heavy atom. The highest BCUT2D eigenvalue weighted by Crippen LogP contribution is 2.15. The van der Waals surface area contributed by atoms with Crippen LogP contribution >= 0.6 is 0 Å². The molecule has 0 unspecified atom stereocenters. The molecular formula is C18H20N2O2. The number of rotatable bonds is 6. The molecule has 1 amide bonds. The number of nitrogens with one attached hydrogen (secondary N) is 1. The zero-order valence-corrected chi connectivity index (χ0v) is 12.8. The molecule has 0 aliphatic heterocycles. The topological polar surface area (TPSA) is 51.2 Å². The predicted molar refractivity (Wildman–Crippen MR) is 87.3 cm³/mol. The van der Waals surface area contributed by atoms with Gasteiger partial charge >= 0.3 is 0 Å². The molecule has 1 aromatic heterocycles. The summed E-state index contributed by atoms with van der Waals surface area (Å²) in [6, 6.07) is 11.4. The molecule has 0 spiro atoms. The van der Waals surface area contributed by atoms with Crippen LogP contribution in [-0.2, 0) is 11.3 Å². The summed E-state index contributed by atoms with van der Waals surface area (Å²) in [6.45, 7) is 4.43. The first kappa shape index (κ1) is 15.8. The van der Waals surface area contributed by atoms with Gasteiger partial charge in [-0.3, -0.25) is 9.78 Å². The van der Waals surface area contributed by atoms with E-state index in [0.717, 1.165) is 16.9 Å². The number of carbonyl (C=O) groups excluding carboxylic acids is 1. The van der Waals surface area contributed by atoms with Crippen LogP contribution in [0.3, 0.4) is 0 Å². The van der Waals surface area contributed by atoms with Crippen LogP contribution in [0.15, 0.2) is 54.9 Å². The Bertz CT molecular complexity index is 637. The van der Waals surface area contributed by atoms with E-state index >= 15 is 0 Å². The van der Waals surface area contributed by atoms with Crippen molar-refractivity contribution in [3.05, 3.63) is 66.0 Å². The first-order valence-electron chi connectivity index (χ1n) is 7.25. The number of pyridine rings is 1. The number of amides is 1. The molecule has 2 rings (SSSR count). The molecular weight excluding hydrogens is 276 g/mol. The highest BCUT2D eigenvalue weighted by atomic mass is 16.5. The summed E-state index contributed by atoms with van der Waals surface area (Å²) >= 11 is 0. The molecule has 4 heteroatoms. The summed E-state index contributed by atoms with van der Waals surface area (Å²) in [4.78, 5) is 15.8. The van der Waals surface area contributed by atoms with E-state index in [-0.39, 0.29) is 12.0 Å². The van der Waals surface area contributed by atoms with Crippen LogP contribution in [0.2, 0.25) is 0 Å². The van der Waals surface area contributed by atoms with Crippen molar-refractivity contribution in [1.82, 2.24) is 10.3 Å². The molecule has 1 heterocycles. The van der Waals surface area contributed by atoms with Crippen molar-refractivity contribution in [2.45, 2.75) is 26.5 Å². The lowest BCUT2D eigenvalue weighted by molar-refractivity contribution is -0.116. The van der Waals surface area contributed by atoms with E-state index in [1.54, 1.807) is 18.5 Å². The van der Waals surface area contributed by atoms with E-state index in [9.17, 15) is 4.79 Å². The van der Waals surface area contributed by atoms with Crippen LogP contribution in [0.25, 0.3) is 6.08 Å². The largest absolute Gasteiger partial charge is 0.491 e. The first-order chi connectivity index (χ1) is 10.6. The summed E-state index contributed by atoms with van der Waals surface area (Å²) in [5, 5.41) is 2.82. The van der Waals surface area contributed by atoms with Crippen LogP contribution in [0.4, 0.5) is 0 Å². The highest BCUT2D eigenvalue weighted by molar-refractivity contribution is 5.91. The molecule has 2 aromatic rings. The molecule has 0 atom stereocenters. The Balaban J connectivity index is 1.89. The van der Waals surface area contributed by atoms with Crippen molar-refractivity contribution >= 4 is 12.0 Å². The molecule has 4 nitrogen and oxygen atoms in total. The van der Waals surface area contributed by atoms with Crippen molar-refractivity contribution in [1.29, 1.82) is 0 Å². The van der Waals surface area contributed by atoms with Gasteiger partial charge in [-0.2, -0.15) is 0 Å². The second-order valence-corrected chi connectivity index (χ2v) is 5.15. The smallest absolute Gasteiger partial charge is 0.244 e. The maximum absolute atomic E-state index is 11.8. The van der Waals surface area contributed by atoms with Gasteiger partial charge < -0.3 is 10.1 Å². The fourth-order valence-corrected chi connectivity index (χ4v) is 1.89. The van der Waals surface area contributed by atoms with E-state index in [2.05, 4.69) is 10.3 Å². The minimum atomic E-state index is -0.140. The van der Waals surface area contributed by atoms with Crippen molar-refractivity contribution in [3.8, 4) is 5.75 Å². The Kier molecular flexibility index (Phi) is 5.72. The number of benzene rings is 1. The fourth-order valence-electron chi connectivity index (χ4n) is 1.89. The summed E-state index contributed by atoms with van der Waals surface area (Å²) < 4.78 is 5.63. The lowest BCUT2D eigenvalue weighted by atomic mass is 10.2. The maximum atomic E-state index is 11.8. The standard InChI is InChI=1S/C18H20N2O2/c1-14(2)22-17-7-3-5-15(11-17)8-9-18(21)20-13-16-6-4-10-19-12-16/h3-12,14H,13H2,1-2H3,(H,20,21)/b9-8+. The molecule has 0 aliphatic rings. The SMILES string of the molecule is CC(C)Oc1cccc(/C=C/C(=O)NCc2cccnc2)c1. The monoisotopic (exact) mass is 296 g/mol. The second kappa shape index (κ2) is 7.98. The quantitative estimate of drug-likeness (QED) is 0.833. The van der Waals surface area contributed by atoms with E-state index in [1.165, 1.54) is 6.08 Å². The van der Waals surface area contributed by atoms with Crippen molar-refractivity contribution in [2.75, 3.05) is 0 Å². The minimum Gasteiger partial charge on any atom is -0.491 e. The zero-order chi connectivity index (χ0) is 15.8. The summed E-state index contributed by atoms with van der Waals surface area (Å²) in [7, 11) is 0. The predicted octanol–water partition coefficient (Wildman–Crippen LogP) is 3.20. The van der Waals surface area contributed by atoms with Crippen LogP contribution in [-0.4, -0.2) is 17.0 Å². The Hall–Kier alpha value is -2.62. The molecule has 1 N–H and O–H groups in total. The van der Waals surface area contributed by atoms with Gasteiger partial charge in [0.2, 0.25) is 5.91 Å². The van der Waals surface area contributed by atoms with Gasteiger partial charge in [0.1, 0.15) is 5.75 Å². The molecule has 22 heavy (non-hydrogen) atoms. The van der Waals surface area contributed by atoms with Crippen LogP contribution < -0.4 is 10.1 Å². The Labute approximate surface area is 130 Å². The summed E-state index contributed by atoms with van der Waals surface area (Å²) in [6.07, 6.45) is 6.85. The summed E-state index contributed by atoms with van der Waals surface area (Å²) in [5.41, 5.74) is 1.89. The van der Waals surface area contributed by atoms with Crippen LogP contribution in [0, 0.1) is 0 Å². The van der Waals surface area contributed by atoms with Crippen LogP contribution in [0.5, 0.6) is 5.75 Å². The fraction of sp³-hybridized carbons (Fsp3) is 0.222. The number of hydrogen-bond donors (Lipinski definition) is 1. The number of nitrogens with zero attached hydrogens (tertiary/aromatic N) is 1. The Morgan fingerprint density at radius 3 is 2.91 bits per heavy atom. The van der Waals surface area contributed by atoms with Gasteiger partial charge in [-0.05, 0) is 49.2 Å². The number of carbonyl (C=O) groups is 1. The van der Waals surface area contributed by atoms with Gasteiger partial charge in [0.15, 0.2) is 0 Å². The van der Waals surface area contributed by atoms with Crippen LogP contribution in [0.1, 0.15) is 25.0 Å². The van der Waals surface area contributed by atoms with E-state index in [4.69, 9.17) is 4.74 Å². The average molecular weight is 296 g/mol. The van der Waals surface area contributed by atoms with Gasteiger partial charge in [0, 0.05) is 25.0 Å². The lowest BCUT2D eigenvalue weighted by Crippen LogP contribution is -2.20. The zero-order valence-electron chi connectivity index (χ0n) is 12.8. The normalized spacial score (nSPS) is 10.9. The van der Waals surface area contributed by atoms with Crippen molar-refractivity contribution < 1.29 is 9.53 Å². The third-order valence-corrected chi connectivity index (χ3v) is 2.85. The average Bonchev–Trinajstić information content (AvgIpc) is 2.52. The number of ether oxygens (including phenoxy) is 1. The summed E-state index contributed by atoms with van der Waals surface area (Å²) in [5.74, 6) is 0.659. The third kappa shape index (κ3) is 5.40. The Morgan fingerprint density at radius 1 is 1.32 bits per heavy atom. The molecule has 0 saturated heterocycles.